The van der Waals surface area contributed by atoms with E-state index in [0.717, 1.165) is 0 Å². The minimum atomic E-state index is -0.967. The molecule has 1 aromatic carbocycles. The molecule has 1 aromatic rings. The molecule has 3 heteroatoms. The van der Waals surface area contributed by atoms with Crippen LogP contribution < -0.4 is 0 Å². The summed E-state index contributed by atoms with van der Waals surface area (Å²) in [7, 11) is 0. The van der Waals surface area contributed by atoms with Gasteiger partial charge in [0.05, 0.1) is 11.7 Å². The SMILES string of the molecule is CCC(O)c1cccc(C(=O)O)c1. The van der Waals surface area contributed by atoms with Gasteiger partial charge in [0.15, 0.2) is 0 Å². The average Bonchev–Trinajstić information content (AvgIpc) is 2.17. The molecule has 0 amide bonds. The third-order valence-electron chi connectivity index (χ3n) is 1.91. The van der Waals surface area contributed by atoms with Crippen LogP contribution in [0, 0.1) is 0 Å². The van der Waals surface area contributed by atoms with Gasteiger partial charge >= 0.3 is 5.97 Å². The third kappa shape index (κ3) is 2.29. The van der Waals surface area contributed by atoms with E-state index in [1.165, 1.54) is 12.1 Å². The number of benzene rings is 1. The lowest BCUT2D eigenvalue weighted by molar-refractivity contribution is 0.0696. The third-order valence-corrected chi connectivity index (χ3v) is 1.91. The molecule has 0 heterocycles. The lowest BCUT2D eigenvalue weighted by Gasteiger charge is -2.07. The Balaban J connectivity index is 2.98. The average molecular weight is 180 g/mol. The summed E-state index contributed by atoms with van der Waals surface area (Å²) in [6.45, 7) is 1.85. The van der Waals surface area contributed by atoms with Crippen molar-refractivity contribution in [1.82, 2.24) is 0 Å². The van der Waals surface area contributed by atoms with Crippen molar-refractivity contribution in [3.63, 3.8) is 0 Å². The standard InChI is InChI=1S/C10H12O3/c1-2-9(11)7-4-3-5-8(6-7)10(12)13/h3-6,9,11H,2H2,1H3,(H,12,13). The quantitative estimate of drug-likeness (QED) is 0.746. The normalized spacial score (nSPS) is 12.5. The molecule has 1 atom stereocenters. The van der Waals surface area contributed by atoms with Gasteiger partial charge in [-0.1, -0.05) is 19.1 Å². The zero-order chi connectivity index (χ0) is 9.84. The first-order valence-corrected chi connectivity index (χ1v) is 4.16. The van der Waals surface area contributed by atoms with Crippen molar-refractivity contribution < 1.29 is 15.0 Å². The first-order chi connectivity index (χ1) is 6.15. The van der Waals surface area contributed by atoms with Gasteiger partial charge in [-0.25, -0.2) is 4.79 Å². The van der Waals surface area contributed by atoms with Gasteiger partial charge in [-0.15, -0.1) is 0 Å². The second kappa shape index (κ2) is 4.05. The van der Waals surface area contributed by atoms with Crippen molar-refractivity contribution in [3.05, 3.63) is 35.4 Å². The molecule has 0 spiro atoms. The molecule has 1 unspecified atom stereocenters. The lowest BCUT2D eigenvalue weighted by atomic mass is 10.0. The molecule has 0 aliphatic carbocycles. The van der Waals surface area contributed by atoms with Gasteiger partial charge in [0.2, 0.25) is 0 Å². The van der Waals surface area contributed by atoms with Crippen molar-refractivity contribution in [2.24, 2.45) is 0 Å². The molecule has 0 fully saturated rings. The van der Waals surface area contributed by atoms with Gasteiger partial charge < -0.3 is 10.2 Å². The molecule has 70 valence electrons. The van der Waals surface area contributed by atoms with Crippen molar-refractivity contribution in [1.29, 1.82) is 0 Å². The van der Waals surface area contributed by atoms with Gasteiger partial charge in [-0.05, 0) is 24.1 Å². The molecule has 0 bridgehead atoms. The van der Waals surface area contributed by atoms with Crippen LogP contribution >= 0.6 is 0 Å². The van der Waals surface area contributed by atoms with Crippen LogP contribution in [0.15, 0.2) is 24.3 Å². The first-order valence-electron chi connectivity index (χ1n) is 4.16. The topological polar surface area (TPSA) is 57.5 Å². The van der Waals surface area contributed by atoms with E-state index < -0.39 is 12.1 Å². The van der Waals surface area contributed by atoms with Crippen LogP contribution in [0.25, 0.3) is 0 Å². The van der Waals surface area contributed by atoms with E-state index in [-0.39, 0.29) is 5.56 Å². The fourth-order valence-electron chi connectivity index (χ4n) is 1.11. The minimum Gasteiger partial charge on any atom is -0.478 e. The molecule has 0 saturated heterocycles. The van der Waals surface area contributed by atoms with Crippen LogP contribution in [0.4, 0.5) is 0 Å². The summed E-state index contributed by atoms with van der Waals surface area (Å²) in [6.07, 6.45) is 0.0163. The summed E-state index contributed by atoms with van der Waals surface area (Å²) < 4.78 is 0. The first kappa shape index (κ1) is 9.74. The molecule has 0 radical (unpaired) electrons. The van der Waals surface area contributed by atoms with Crippen molar-refractivity contribution in [3.8, 4) is 0 Å². The fraction of sp³-hybridized carbons (Fsp3) is 0.300. The Hall–Kier alpha value is -1.35. The van der Waals surface area contributed by atoms with E-state index in [0.29, 0.717) is 12.0 Å². The number of aromatic carboxylic acids is 1. The van der Waals surface area contributed by atoms with Crippen LogP contribution in [-0.2, 0) is 0 Å². The maximum Gasteiger partial charge on any atom is 0.335 e. The van der Waals surface area contributed by atoms with Gasteiger partial charge in [-0.2, -0.15) is 0 Å². The van der Waals surface area contributed by atoms with E-state index in [1.807, 2.05) is 6.92 Å². The molecule has 13 heavy (non-hydrogen) atoms. The number of carboxylic acid groups (broad SMARTS) is 1. The molecular formula is C10H12O3. The van der Waals surface area contributed by atoms with Gasteiger partial charge in [0, 0.05) is 0 Å². The minimum absolute atomic E-state index is 0.213. The number of hydrogen-bond acceptors (Lipinski definition) is 2. The monoisotopic (exact) mass is 180 g/mol. The second-order valence-electron chi connectivity index (χ2n) is 2.85. The van der Waals surface area contributed by atoms with Crippen LogP contribution in [0.1, 0.15) is 35.4 Å². The zero-order valence-electron chi connectivity index (χ0n) is 7.40. The highest BCUT2D eigenvalue weighted by Crippen LogP contribution is 2.17. The maximum absolute atomic E-state index is 10.6. The predicted molar refractivity (Wildman–Crippen MR) is 48.7 cm³/mol. The van der Waals surface area contributed by atoms with Crippen LogP contribution in [0.2, 0.25) is 0 Å². The lowest BCUT2D eigenvalue weighted by Crippen LogP contribution is -2.00. The molecule has 1 rings (SSSR count). The summed E-state index contributed by atoms with van der Waals surface area (Å²) in [6, 6.07) is 6.36. The number of carboxylic acids is 1. The molecular weight excluding hydrogens is 168 g/mol. The smallest absolute Gasteiger partial charge is 0.335 e. The highest BCUT2D eigenvalue weighted by Gasteiger charge is 2.07. The van der Waals surface area contributed by atoms with E-state index in [1.54, 1.807) is 12.1 Å². The summed E-state index contributed by atoms with van der Waals surface area (Å²) in [4.78, 5) is 10.6. The van der Waals surface area contributed by atoms with Crippen molar-refractivity contribution >= 4 is 5.97 Å². The second-order valence-corrected chi connectivity index (χ2v) is 2.85. The number of aliphatic hydroxyl groups is 1. The Bertz CT molecular complexity index is 307. The Morgan fingerprint density at radius 1 is 1.54 bits per heavy atom. The zero-order valence-corrected chi connectivity index (χ0v) is 7.40. The predicted octanol–water partition coefficient (Wildman–Crippen LogP) is 1.83. The van der Waals surface area contributed by atoms with E-state index in [4.69, 9.17) is 5.11 Å². The summed E-state index contributed by atoms with van der Waals surface area (Å²) in [5, 5.41) is 18.1. The van der Waals surface area contributed by atoms with Crippen LogP contribution in [0.5, 0.6) is 0 Å². The number of aliphatic hydroxyl groups excluding tert-OH is 1. The van der Waals surface area contributed by atoms with E-state index in [2.05, 4.69) is 0 Å². The van der Waals surface area contributed by atoms with Crippen molar-refractivity contribution in [2.75, 3.05) is 0 Å². The summed E-state index contributed by atoms with van der Waals surface area (Å²) in [5.41, 5.74) is 0.868. The summed E-state index contributed by atoms with van der Waals surface area (Å²) in [5.74, 6) is -0.967. The summed E-state index contributed by atoms with van der Waals surface area (Å²) >= 11 is 0. The Labute approximate surface area is 76.6 Å². The number of carbonyl (C=O) groups is 1. The van der Waals surface area contributed by atoms with E-state index >= 15 is 0 Å². The molecule has 3 nitrogen and oxygen atoms in total. The van der Waals surface area contributed by atoms with Crippen LogP contribution in [0.3, 0.4) is 0 Å². The number of rotatable bonds is 3. The molecule has 0 aliphatic rings. The van der Waals surface area contributed by atoms with Gasteiger partial charge in [0.25, 0.3) is 0 Å². The number of hydrogen-bond donors (Lipinski definition) is 2. The molecule has 0 aliphatic heterocycles. The Morgan fingerprint density at radius 2 is 2.23 bits per heavy atom. The Morgan fingerprint density at radius 3 is 2.77 bits per heavy atom. The largest absolute Gasteiger partial charge is 0.478 e. The highest BCUT2D eigenvalue weighted by atomic mass is 16.4. The highest BCUT2D eigenvalue weighted by molar-refractivity contribution is 5.87. The molecule has 2 N–H and O–H groups in total. The maximum atomic E-state index is 10.6. The van der Waals surface area contributed by atoms with E-state index in [9.17, 15) is 9.90 Å². The molecule has 0 aromatic heterocycles. The van der Waals surface area contributed by atoms with Gasteiger partial charge in [0.1, 0.15) is 0 Å². The Kier molecular flexibility index (Phi) is 3.03. The van der Waals surface area contributed by atoms with Crippen molar-refractivity contribution in [2.45, 2.75) is 19.4 Å². The van der Waals surface area contributed by atoms with Crippen LogP contribution in [-0.4, -0.2) is 16.2 Å². The van der Waals surface area contributed by atoms with Gasteiger partial charge in [-0.3, -0.25) is 0 Å². The fourth-order valence-corrected chi connectivity index (χ4v) is 1.11. The molecule has 0 saturated carbocycles.